The van der Waals surface area contributed by atoms with Crippen molar-refractivity contribution in [2.45, 2.75) is 49.3 Å². The number of tetrazole rings is 1. The van der Waals surface area contributed by atoms with E-state index >= 15 is 0 Å². The van der Waals surface area contributed by atoms with Crippen LogP contribution in [0.15, 0.2) is 85.6 Å². The molecule has 2 fully saturated rings. The lowest BCUT2D eigenvalue weighted by atomic mass is 9.80. The standard InChI is InChI=1S/C34H34ClFN10O/c35-24-6-9-30(46-20-41-43-44-46)22(14-24)5-10-32(47)31-15-26(37)11-13-45(31)27-16-28(21-3-7-25(36)8-4-21)33(39-18-27)34-40-19-29(42-34)23-2-1-12-38-17-23/h1-10,12,14,17,19-20,26-28,31,33,39H,11,13,15-16,18,37H2,(H,40,42)/b10-5+/t26?,27?,28?,31-,33?/m1/s1. The molecule has 5 atom stereocenters. The largest absolute Gasteiger partial charge is 0.347 e. The molecule has 2 saturated heterocycles. The van der Waals surface area contributed by atoms with Gasteiger partial charge in [-0.3, -0.25) is 14.7 Å². The fraction of sp³-hybridized carbons (Fsp3) is 0.294. The van der Waals surface area contributed by atoms with Crippen LogP contribution in [0.4, 0.5) is 4.39 Å². The van der Waals surface area contributed by atoms with E-state index in [1.54, 1.807) is 36.7 Å². The Kier molecular flexibility index (Phi) is 8.99. The van der Waals surface area contributed by atoms with Gasteiger partial charge in [0.25, 0.3) is 0 Å². The highest BCUT2D eigenvalue weighted by Gasteiger charge is 2.41. The molecular formula is C34H34ClFN10O. The molecule has 5 heterocycles. The lowest BCUT2D eigenvalue weighted by molar-refractivity contribution is -0.122. The van der Waals surface area contributed by atoms with Crippen LogP contribution in [0.25, 0.3) is 23.0 Å². The third kappa shape index (κ3) is 6.77. The minimum absolute atomic E-state index is 0.0320. The molecule has 2 aromatic carbocycles. The topological polar surface area (TPSA) is 144 Å². The minimum atomic E-state index is -0.399. The predicted octanol–water partition coefficient (Wildman–Crippen LogP) is 4.50. The quantitative estimate of drug-likeness (QED) is 0.206. The van der Waals surface area contributed by atoms with Crippen molar-refractivity contribution in [3.8, 4) is 16.9 Å². The summed E-state index contributed by atoms with van der Waals surface area (Å²) >= 11 is 6.31. The molecule has 0 radical (unpaired) electrons. The number of benzene rings is 2. The highest BCUT2D eigenvalue weighted by atomic mass is 35.5. The van der Waals surface area contributed by atoms with Gasteiger partial charge in [-0.15, -0.1) is 5.10 Å². The number of nitrogens with two attached hydrogens (primary N) is 1. The molecule has 0 saturated carbocycles. The lowest BCUT2D eigenvalue weighted by Crippen LogP contribution is -2.59. The monoisotopic (exact) mass is 652 g/mol. The highest BCUT2D eigenvalue weighted by Crippen LogP contribution is 2.39. The zero-order valence-corrected chi connectivity index (χ0v) is 26.2. The molecule has 7 rings (SSSR count). The van der Waals surface area contributed by atoms with Crippen molar-refractivity contribution in [1.82, 2.24) is 45.4 Å². The number of aromatic amines is 1. The number of likely N-dealkylation sites (tertiary alicyclic amines) is 1. The van der Waals surface area contributed by atoms with Gasteiger partial charge in [0.1, 0.15) is 18.0 Å². The van der Waals surface area contributed by atoms with Gasteiger partial charge in [-0.1, -0.05) is 23.7 Å². The molecule has 47 heavy (non-hydrogen) atoms. The number of halogens is 2. The van der Waals surface area contributed by atoms with Crippen LogP contribution < -0.4 is 11.1 Å². The number of nitrogens with one attached hydrogen (secondary N) is 2. The van der Waals surface area contributed by atoms with E-state index in [0.717, 1.165) is 35.5 Å². The number of ketones is 1. The first kappa shape index (κ1) is 31.0. The average Bonchev–Trinajstić information content (AvgIpc) is 3.81. The van der Waals surface area contributed by atoms with Crippen LogP contribution in [0.3, 0.4) is 0 Å². The van der Waals surface area contributed by atoms with Gasteiger partial charge in [0.15, 0.2) is 5.78 Å². The second kappa shape index (κ2) is 13.6. The van der Waals surface area contributed by atoms with Gasteiger partial charge in [0, 0.05) is 65.8 Å². The molecule has 11 nitrogen and oxygen atoms in total. The Hall–Kier alpha value is -4.62. The van der Waals surface area contributed by atoms with Crippen molar-refractivity contribution in [3.63, 3.8) is 0 Å². The summed E-state index contributed by atoms with van der Waals surface area (Å²) < 4.78 is 15.5. The number of pyridine rings is 1. The molecule has 4 N–H and O–H groups in total. The number of hydrogen-bond acceptors (Lipinski definition) is 9. The van der Waals surface area contributed by atoms with E-state index in [0.29, 0.717) is 35.8 Å². The van der Waals surface area contributed by atoms with Crippen LogP contribution in [0.2, 0.25) is 5.02 Å². The molecule has 240 valence electrons. The van der Waals surface area contributed by atoms with E-state index in [1.165, 1.54) is 23.1 Å². The normalized spacial score (nSPS) is 23.7. The number of carbonyl (C=O) groups excluding carboxylic acids is 1. The number of H-pyrrole nitrogens is 1. The number of rotatable bonds is 8. The number of imidazole rings is 1. The Morgan fingerprint density at radius 1 is 1.13 bits per heavy atom. The number of piperidine rings is 2. The zero-order chi connectivity index (χ0) is 32.3. The Bertz CT molecular complexity index is 1850. The molecule has 0 bridgehead atoms. The van der Waals surface area contributed by atoms with Crippen LogP contribution in [0.1, 0.15) is 48.2 Å². The molecule has 0 aliphatic carbocycles. The summed E-state index contributed by atoms with van der Waals surface area (Å²) in [5.41, 5.74) is 10.6. The molecule has 13 heteroatoms. The molecule has 2 aliphatic rings. The van der Waals surface area contributed by atoms with E-state index in [9.17, 15) is 9.18 Å². The number of aromatic nitrogens is 7. The first-order valence-electron chi connectivity index (χ1n) is 15.6. The van der Waals surface area contributed by atoms with E-state index < -0.39 is 6.04 Å². The molecule has 4 unspecified atom stereocenters. The Morgan fingerprint density at radius 3 is 2.79 bits per heavy atom. The average molecular weight is 653 g/mol. The second-order valence-electron chi connectivity index (χ2n) is 12.1. The third-order valence-electron chi connectivity index (χ3n) is 9.14. The minimum Gasteiger partial charge on any atom is -0.347 e. The lowest BCUT2D eigenvalue weighted by Gasteiger charge is -2.46. The number of carbonyl (C=O) groups is 1. The van der Waals surface area contributed by atoms with Crippen LogP contribution >= 0.6 is 11.6 Å². The SMILES string of the molecule is NC1CCN(C2CNC(c3nc(-c4cccnc4)c[nH]3)C(c3ccc(F)cc3)C2)[C@@H](C(=O)/C=C/c2cc(Cl)ccc2-n2cnnn2)C1. The maximum atomic E-state index is 14.0. The van der Waals surface area contributed by atoms with Gasteiger partial charge >= 0.3 is 0 Å². The van der Waals surface area contributed by atoms with Gasteiger partial charge in [-0.25, -0.2) is 9.37 Å². The molecule has 5 aromatic rings. The van der Waals surface area contributed by atoms with E-state index in [2.05, 4.69) is 35.7 Å². The van der Waals surface area contributed by atoms with Crippen molar-refractivity contribution < 1.29 is 9.18 Å². The summed E-state index contributed by atoms with van der Waals surface area (Å²) in [7, 11) is 0. The van der Waals surface area contributed by atoms with Gasteiger partial charge in [-0.2, -0.15) is 4.68 Å². The van der Waals surface area contributed by atoms with Gasteiger partial charge in [0.2, 0.25) is 0 Å². The van der Waals surface area contributed by atoms with Crippen LogP contribution in [-0.2, 0) is 4.79 Å². The maximum absolute atomic E-state index is 14.0. The van der Waals surface area contributed by atoms with Gasteiger partial charge in [-0.05, 0) is 89.9 Å². The van der Waals surface area contributed by atoms with E-state index in [4.69, 9.17) is 22.3 Å². The number of nitrogens with zero attached hydrogens (tertiary/aromatic N) is 7. The molecule has 2 aliphatic heterocycles. The number of hydrogen-bond donors (Lipinski definition) is 3. The van der Waals surface area contributed by atoms with Crippen LogP contribution in [0.5, 0.6) is 0 Å². The van der Waals surface area contributed by atoms with E-state index in [1.807, 2.05) is 36.5 Å². The first-order chi connectivity index (χ1) is 22.9. The summed E-state index contributed by atoms with van der Waals surface area (Å²) in [5, 5.41) is 15.7. The summed E-state index contributed by atoms with van der Waals surface area (Å²) in [6, 6.07) is 15.3. The van der Waals surface area contributed by atoms with Gasteiger partial charge in [0.05, 0.1) is 23.5 Å². The Morgan fingerprint density at radius 2 is 2.00 bits per heavy atom. The van der Waals surface area contributed by atoms with Gasteiger partial charge < -0.3 is 16.0 Å². The summed E-state index contributed by atoms with van der Waals surface area (Å²) in [6.07, 6.45) is 12.3. The second-order valence-corrected chi connectivity index (χ2v) is 12.5. The van der Waals surface area contributed by atoms with Crippen molar-refractivity contribution in [1.29, 1.82) is 0 Å². The molecule has 3 aromatic heterocycles. The molecular weight excluding hydrogens is 619 g/mol. The van der Waals surface area contributed by atoms with Crippen molar-refractivity contribution in [2.24, 2.45) is 5.73 Å². The fourth-order valence-electron chi connectivity index (χ4n) is 6.80. The summed E-state index contributed by atoms with van der Waals surface area (Å²) in [5.74, 6) is 0.450. The van der Waals surface area contributed by atoms with Crippen molar-refractivity contribution in [3.05, 3.63) is 113 Å². The Labute approximate surface area is 276 Å². The zero-order valence-electron chi connectivity index (χ0n) is 25.5. The van der Waals surface area contributed by atoms with E-state index in [-0.39, 0.29) is 35.6 Å². The van der Waals surface area contributed by atoms with Crippen LogP contribution in [0, 0.1) is 5.82 Å². The fourth-order valence-corrected chi connectivity index (χ4v) is 6.98. The molecule has 0 amide bonds. The first-order valence-corrected chi connectivity index (χ1v) is 16.0. The third-order valence-corrected chi connectivity index (χ3v) is 9.38. The predicted molar refractivity (Wildman–Crippen MR) is 176 cm³/mol. The maximum Gasteiger partial charge on any atom is 0.172 e. The summed E-state index contributed by atoms with van der Waals surface area (Å²) in [6.45, 7) is 1.34. The smallest absolute Gasteiger partial charge is 0.172 e. The Balaban J connectivity index is 1.15. The highest BCUT2D eigenvalue weighted by molar-refractivity contribution is 6.30. The van der Waals surface area contributed by atoms with Crippen LogP contribution in [-0.4, -0.2) is 77.1 Å². The summed E-state index contributed by atoms with van der Waals surface area (Å²) in [4.78, 5) is 28.7. The van der Waals surface area contributed by atoms with Crippen molar-refractivity contribution in [2.75, 3.05) is 13.1 Å². The van der Waals surface area contributed by atoms with Crippen molar-refractivity contribution >= 4 is 23.5 Å². The molecule has 0 spiro atoms.